The maximum absolute atomic E-state index is 12.2. The highest BCUT2D eigenvalue weighted by molar-refractivity contribution is 7.71. The number of ketones is 1. The van der Waals surface area contributed by atoms with E-state index in [1.165, 1.54) is 0 Å². The first-order valence-electron chi connectivity index (χ1n) is 7.99. The highest BCUT2D eigenvalue weighted by Crippen LogP contribution is 2.26. The van der Waals surface area contributed by atoms with Crippen molar-refractivity contribution in [3.05, 3.63) is 51.9 Å². The van der Waals surface area contributed by atoms with Gasteiger partial charge in [-0.1, -0.05) is 30.3 Å². The molecule has 1 aromatic heterocycles. The first-order chi connectivity index (χ1) is 11.1. The predicted molar refractivity (Wildman–Crippen MR) is 94.8 cm³/mol. The summed E-state index contributed by atoms with van der Waals surface area (Å²) in [6.45, 7) is 6.11. The van der Waals surface area contributed by atoms with Gasteiger partial charge < -0.3 is 9.47 Å². The highest BCUT2D eigenvalue weighted by Gasteiger charge is 2.23. The van der Waals surface area contributed by atoms with Crippen molar-refractivity contribution < 1.29 is 4.79 Å². The molecular weight excluding hydrogens is 306 g/mol. The third-order valence-corrected chi connectivity index (χ3v) is 4.68. The number of carbonyl (C=O) groups excluding carboxylic acids is 1. The summed E-state index contributed by atoms with van der Waals surface area (Å²) < 4.78 is 2.50. The maximum Gasteiger partial charge on any atom is 0.201 e. The lowest BCUT2D eigenvalue weighted by Gasteiger charge is -2.23. The van der Waals surface area contributed by atoms with E-state index in [-0.39, 0.29) is 5.78 Å². The zero-order chi connectivity index (χ0) is 16.4. The summed E-state index contributed by atoms with van der Waals surface area (Å²) in [5.41, 5.74) is 2.76. The highest BCUT2D eigenvalue weighted by atomic mass is 32.1. The Bertz CT molecular complexity index is 777. The Morgan fingerprint density at radius 3 is 2.48 bits per heavy atom. The number of benzene rings is 1. The minimum Gasteiger partial charge on any atom is -0.356 e. The van der Waals surface area contributed by atoms with Crippen LogP contribution >= 0.6 is 12.2 Å². The van der Waals surface area contributed by atoms with Gasteiger partial charge >= 0.3 is 0 Å². The molecule has 0 bridgehead atoms. The van der Waals surface area contributed by atoms with E-state index >= 15 is 0 Å². The van der Waals surface area contributed by atoms with E-state index in [1.807, 2.05) is 29.7 Å². The summed E-state index contributed by atoms with van der Waals surface area (Å²) >= 11 is 5.52. The average Bonchev–Trinajstić information content (AvgIpc) is 3.05. The second kappa shape index (κ2) is 6.62. The smallest absolute Gasteiger partial charge is 0.201 e. The van der Waals surface area contributed by atoms with E-state index in [9.17, 15) is 4.79 Å². The van der Waals surface area contributed by atoms with Crippen LogP contribution < -0.4 is 4.90 Å². The molecule has 2 heterocycles. The Kier molecular flexibility index (Phi) is 4.57. The van der Waals surface area contributed by atoms with Gasteiger partial charge in [-0.3, -0.25) is 4.79 Å². The van der Waals surface area contributed by atoms with E-state index in [2.05, 4.69) is 22.0 Å². The van der Waals surface area contributed by atoms with Crippen LogP contribution in [-0.4, -0.2) is 28.4 Å². The van der Waals surface area contributed by atoms with Gasteiger partial charge in [0.25, 0.3) is 0 Å². The van der Waals surface area contributed by atoms with Gasteiger partial charge in [0.2, 0.25) is 4.77 Å². The quantitative estimate of drug-likeness (QED) is 0.633. The lowest BCUT2D eigenvalue weighted by molar-refractivity contribution is 0.101. The zero-order valence-electron chi connectivity index (χ0n) is 13.6. The number of rotatable bonds is 4. The van der Waals surface area contributed by atoms with Gasteiger partial charge in [-0.25, -0.2) is 4.98 Å². The molecule has 4 nitrogen and oxygen atoms in total. The molecule has 0 unspecified atom stereocenters. The topological polar surface area (TPSA) is 38.1 Å². The van der Waals surface area contributed by atoms with Gasteiger partial charge in [0, 0.05) is 18.8 Å². The zero-order valence-corrected chi connectivity index (χ0v) is 14.4. The molecule has 1 aliphatic rings. The van der Waals surface area contributed by atoms with Crippen molar-refractivity contribution in [2.45, 2.75) is 33.2 Å². The largest absolute Gasteiger partial charge is 0.356 e. The van der Waals surface area contributed by atoms with E-state index in [4.69, 9.17) is 12.2 Å². The first kappa shape index (κ1) is 15.9. The Labute approximate surface area is 141 Å². The van der Waals surface area contributed by atoms with Crippen LogP contribution in [0.5, 0.6) is 0 Å². The van der Waals surface area contributed by atoms with Crippen molar-refractivity contribution in [2.24, 2.45) is 0 Å². The minimum atomic E-state index is 0.0497. The van der Waals surface area contributed by atoms with E-state index in [1.54, 1.807) is 6.92 Å². The standard InChI is InChI=1S/C18H21N3OS/c1-13-16(14(2)22)17(20-10-6-7-11-20)19-18(23)21(13)12-15-8-4-3-5-9-15/h3-5,8-9H,6-7,10-12H2,1-2H3. The summed E-state index contributed by atoms with van der Waals surface area (Å²) in [5, 5.41) is 0. The summed E-state index contributed by atoms with van der Waals surface area (Å²) in [6.07, 6.45) is 2.29. The first-order valence-corrected chi connectivity index (χ1v) is 8.40. The van der Waals surface area contributed by atoms with Crippen LogP contribution in [0.4, 0.5) is 5.82 Å². The number of anilines is 1. The van der Waals surface area contributed by atoms with Crippen molar-refractivity contribution in [3.63, 3.8) is 0 Å². The van der Waals surface area contributed by atoms with Gasteiger partial charge in [-0.05, 0) is 44.5 Å². The van der Waals surface area contributed by atoms with Gasteiger partial charge in [0.1, 0.15) is 5.82 Å². The van der Waals surface area contributed by atoms with Crippen LogP contribution in [0.15, 0.2) is 30.3 Å². The fraction of sp³-hybridized carbons (Fsp3) is 0.389. The monoisotopic (exact) mass is 327 g/mol. The molecular formula is C18H21N3OS. The normalized spacial score (nSPS) is 14.3. The van der Waals surface area contributed by atoms with Crippen molar-refractivity contribution in [3.8, 4) is 0 Å². The molecule has 3 rings (SSSR count). The molecule has 1 aliphatic heterocycles. The molecule has 1 aromatic carbocycles. The minimum absolute atomic E-state index is 0.0497. The fourth-order valence-electron chi connectivity index (χ4n) is 3.17. The lowest BCUT2D eigenvalue weighted by Crippen LogP contribution is -2.25. The number of hydrogen-bond donors (Lipinski definition) is 0. The van der Waals surface area contributed by atoms with Gasteiger partial charge in [-0.15, -0.1) is 0 Å². The Balaban J connectivity index is 2.09. The third-order valence-electron chi connectivity index (χ3n) is 4.36. The molecule has 0 radical (unpaired) electrons. The van der Waals surface area contributed by atoms with Crippen molar-refractivity contribution in [1.29, 1.82) is 0 Å². The maximum atomic E-state index is 12.2. The summed E-state index contributed by atoms with van der Waals surface area (Å²) in [6, 6.07) is 10.1. The molecule has 0 saturated carbocycles. The molecule has 23 heavy (non-hydrogen) atoms. The molecule has 5 heteroatoms. The van der Waals surface area contributed by atoms with Crippen LogP contribution in [0.25, 0.3) is 0 Å². The molecule has 0 N–H and O–H groups in total. The summed E-state index contributed by atoms with van der Waals surface area (Å²) in [4.78, 5) is 19.0. The van der Waals surface area contributed by atoms with Gasteiger partial charge in [0.05, 0.1) is 12.1 Å². The Morgan fingerprint density at radius 2 is 1.87 bits per heavy atom. The molecule has 0 spiro atoms. The molecule has 2 aromatic rings. The van der Waals surface area contributed by atoms with E-state index in [0.29, 0.717) is 16.9 Å². The molecule has 0 atom stereocenters. The lowest BCUT2D eigenvalue weighted by atomic mass is 10.1. The number of aromatic nitrogens is 2. The molecule has 1 saturated heterocycles. The third kappa shape index (κ3) is 3.20. The summed E-state index contributed by atoms with van der Waals surface area (Å²) in [5.74, 6) is 0.815. The number of nitrogens with zero attached hydrogens (tertiary/aromatic N) is 3. The number of hydrogen-bond acceptors (Lipinski definition) is 4. The average molecular weight is 327 g/mol. The molecule has 1 fully saturated rings. The molecule has 0 amide bonds. The number of Topliss-reactive ketones (excluding diaryl/α,β-unsaturated/α-hetero) is 1. The van der Waals surface area contributed by atoms with Gasteiger partial charge in [0.15, 0.2) is 5.78 Å². The van der Waals surface area contributed by atoms with Crippen LogP contribution in [-0.2, 0) is 6.54 Å². The van der Waals surface area contributed by atoms with Crippen LogP contribution in [0, 0.1) is 11.7 Å². The summed E-state index contributed by atoms with van der Waals surface area (Å²) in [7, 11) is 0. The van der Waals surface area contributed by atoms with Crippen LogP contribution in [0.1, 0.15) is 41.4 Å². The number of carbonyl (C=O) groups is 1. The molecule has 0 aliphatic carbocycles. The van der Waals surface area contributed by atoms with Crippen molar-refractivity contribution >= 4 is 23.8 Å². The van der Waals surface area contributed by atoms with Gasteiger partial charge in [-0.2, -0.15) is 0 Å². The van der Waals surface area contributed by atoms with Crippen LogP contribution in [0.2, 0.25) is 0 Å². The van der Waals surface area contributed by atoms with Crippen molar-refractivity contribution in [2.75, 3.05) is 18.0 Å². The van der Waals surface area contributed by atoms with Crippen molar-refractivity contribution in [1.82, 2.24) is 9.55 Å². The second-order valence-electron chi connectivity index (χ2n) is 6.00. The van der Waals surface area contributed by atoms with E-state index < -0.39 is 0 Å². The second-order valence-corrected chi connectivity index (χ2v) is 6.37. The Hall–Kier alpha value is -2.01. The van der Waals surface area contributed by atoms with E-state index in [0.717, 1.165) is 43.0 Å². The fourth-order valence-corrected chi connectivity index (χ4v) is 3.46. The Morgan fingerprint density at radius 1 is 1.22 bits per heavy atom. The molecule has 120 valence electrons. The van der Waals surface area contributed by atoms with Crippen LogP contribution in [0.3, 0.4) is 0 Å². The SMILES string of the molecule is CC(=O)c1c(N2CCCC2)nc(=S)n(Cc2ccccc2)c1C. The predicted octanol–water partition coefficient (Wildman–Crippen LogP) is 3.77.